The van der Waals surface area contributed by atoms with Crippen LogP contribution in [0.1, 0.15) is 28.8 Å². The topological polar surface area (TPSA) is 32.3 Å². The van der Waals surface area contributed by atoms with Gasteiger partial charge >= 0.3 is 0 Å². The molecular formula is C15H21ClF2N2O. The molecule has 0 bridgehead atoms. The Morgan fingerprint density at radius 2 is 1.90 bits per heavy atom. The highest BCUT2D eigenvalue weighted by Gasteiger charge is 2.25. The predicted molar refractivity (Wildman–Crippen MR) is 80.9 cm³/mol. The first kappa shape index (κ1) is 17.9. The van der Waals surface area contributed by atoms with Gasteiger partial charge < -0.3 is 10.2 Å². The van der Waals surface area contributed by atoms with Gasteiger partial charge in [0, 0.05) is 19.2 Å². The van der Waals surface area contributed by atoms with E-state index in [4.69, 9.17) is 0 Å². The number of piperidine rings is 1. The fourth-order valence-electron chi connectivity index (χ4n) is 2.62. The molecule has 0 atom stereocenters. The first-order chi connectivity index (χ1) is 9.52. The summed E-state index contributed by atoms with van der Waals surface area (Å²) in [4.78, 5) is 14.0. The molecule has 118 valence electrons. The molecule has 6 heteroatoms. The summed E-state index contributed by atoms with van der Waals surface area (Å²) in [6, 6.07) is 2.09. The average molecular weight is 319 g/mol. The first-order valence-corrected chi connectivity index (χ1v) is 6.92. The number of carbonyl (C=O) groups is 1. The van der Waals surface area contributed by atoms with E-state index < -0.39 is 11.6 Å². The number of hydrogen-bond acceptors (Lipinski definition) is 2. The lowest BCUT2D eigenvalue weighted by Crippen LogP contribution is -2.40. The molecule has 0 unspecified atom stereocenters. The Labute approximate surface area is 130 Å². The van der Waals surface area contributed by atoms with Gasteiger partial charge in [0.15, 0.2) is 0 Å². The molecular weight excluding hydrogens is 298 g/mol. The van der Waals surface area contributed by atoms with Crippen molar-refractivity contribution in [3.8, 4) is 0 Å². The highest BCUT2D eigenvalue weighted by molar-refractivity contribution is 5.94. The van der Waals surface area contributed by atoms with Crippen LogP contribution in [-0.4, -0.2) is 37.5 Å². The molecule has 3 nitrogen and oxygen atoms in total. The standard InChI is InChI=1S/C15H20F2N2O.ClH/c1-10-7-12(14(17)8-13(10)16)15(20)19-5-3-11(4-6-19)9-18-2;/h7-8,11,18H,3-6,9H2,1-2H3;1H. The molecule has 1 fully saturated rings. The molecule has 0 spiro atoms. The maximum atomic E-state index is 13.7. The molecule has 1 saturated heterocycles. The fourth-order valence-corrected chi connectivity index (χ4v) is 2.62. The van der Waals surface area contributed by atoms with E-state index in [0.717, 1.165) is 25.5 Å². The third kappa shape index (κ3) is 4.14. The van der Waals surface area contributed by atoms with Crippen molar-refractivity contribution < 1.29 is 13.6 Å². The molecule has 21 heavy (non-hydrogen) atoms. The SMILES string of the molecule is CNCC1CCN(C(=O)c2cc(C)c(F)cc2F)CC1.Cl. The van der Waals surface area contributed by atoms with Crippen LogP contribution in [0.5, 0.6) is 0 Å². The van der Waals surface area contributed by atoms with Crippen molar-refractivity contribution in [2.75, 3.05) is 26.7 Å². The van der Waals surface area contributed by atoms with Gasteiger partial charge in [-0.3, -0.25) is 4.79 Å². The summed E-state index contributed by atoms with van der Waals surface area (Å²) in [5.41, 5.74) is 0.260. The summed E-state index contributed by atoms with van der Waals surface area (Å²) >= 11 is 0. The van der Waals surface area contributed by atoms with Gasteiger partial charge in [-0.1, -0.05) is 0 Å². The third-order valence-corrected chi connectivity index (χ3v) is 3.87. The Morgan fingerprint density at radius 1 is 1.29 bits per heavy atom. The van der Waals surface area contributed by atoms with Crippen LogP contribution in [-0.2, 0) is 0 Å². The van der Waals surface area contributed by atoms with Crippen molar-refractivity contribution >= 4 is 18.3 Å². The molecule has 2 rings (SSSR count). The van der Waals surface area contributed by atoms with E-state index in [0.29, 0.717) is 24.6 Å². The quantitative estimate of drug-likeness (QED) is 0.929. The minimum absolute atomic E-state index is 0. The minimum atomic E-state index is -0.782. The number of hydrogen-bond donors (Lipinski definition) is 1. The van der Waals surface area contributed by atoms with Crippen molar-refractivity contribution in [1.29, 1.82) is 0 Å². The maximum Gasteiger partial charge on any atom is 0.256 e. The number of likely N-dealkylation sites (tertiary alicyclic amines) is 1. The first-order valence-electron chi connectivity index (χ1n) is 6.92. The average Bonchev–Trinajstić information content (AvgIpc) is 2.43. The Morgan fingerprint density at radius 3 is 2.48 bits per heavy atom. The van der Waals surface area contributed by atoms with Gasteiger partial charge in [-0.25, -0.2) is 8.78 Å². The molecule has 1 aromatic rings. The Bertz CT molecular complexity index is 503. The van der Waals surface area contributed by atoms with Crippen LogP contribution in [0.25, 0.3) is 0 Å². The van der Waals surface area contributed by atoms with E-state index in [2.05, 4.69) is 5.32 Å². The molecule has 1 aromatic carbocycles. The Hall–Kier alpha value is -1.20. The minimum Gasteiger partial charge on any atom is -0.339 e. The van der Waals surface area contributed by atoms with Crippen LogP contribution in [0, 0.1) is 24.5 Å². The Kier molecular flexibility index (Phi) is 6.55. The molecule has 0 saturated carbocycles. The molecule has 1 aliphatic rings. The lowest BCUT2D eigenvalue weighted by atomic mass is 9.96. The van der Waals surface area contributed by atoms with Gasteiger partial charge in [-0.2, -0.15) is 0 Å². The van der Waals surface area contributed by atoms with E-state index in [9.17, 15) is 13.6 Å². The second kappa shape index (κ2) is 7.71. The second-order valence-electron chi connectivity index (χ2n) is 5.37. The lowest BCUT2D eigenvalue weighted by molar-refractivity contribution is 0.0686. The van der Waals surface area contributed by atoms with Gasteiger partial charge in [0.25, 0.3) is 5.91 Å². The number of rotatable bonds is 3. The lowest BCUT2D eigenvalue weighted by Gasteiger charge is -2.32. The molecule has 0 radical (unpaired) electrons. The van der Waals surface area contributed by atoms with Gasteiger partial charge in [0.1, 0.15) is 11.6 Å². The van der Waals surface area contributed by atoms with Gasteiger partial charge in [0.2, 0.25) is 0 Å². The molecule has 1 aliphatic heterocycles. The zero-order valence-corrected chi connectivity index (χ0v) is 13.1. The van der Waals surface area contributed by atoms with Crippen molar-refractivity contribution in [2.45, 2.75) is 19.8 Å². The van der Waals surface area contributed by atoms with E-state index >= 15 is 0 Å². The largest absolute Gasteiger partial charge is 0.339 e. The highest BCUT2D eigenvalue weighted by Crippen LogP contribution is 2.21. The molecule has 1 amide bonds. The summed E-state index contributed by atoms with van der Waals surface area (Å²) in [6.07, 6.45) is 1.82. The highest BCUT2D eigenvalue weighted by atomic mass is 35.5. The fraction of sp³-hybridized carbons (Fsp3) is 0.533. The second-order valence-corrected chi connectivity index (χ2v) is 5.37. The number of halogens is 3. The van der Waals surface area contributed by atoms with Crippen molar-refractivity contribution in [3.63, 3.8) is 0 Å². The Balaban J connectivity index is 0.00000220. The smallest absolute Gasteiger partial charge is 0.256 e. The van der Waals surface area contributed by atoms with Gasteiger partial charge in [0.05, 0.1) is 5.56 Å². The number of benzene rings is 1. The van der Waals surface area contributed by atoms with Crippen LogP contribution in [0.4, 0.5) is 8.78 Å². The molecule has 0 aliphatic carbocycles. The summed E-state index contributed by atoms with van der Waals surface area (Å²) in [5.74, 6) is -1.18. The number of nitrogens with one attached hydrogen (secondary N) is 1. The van der Waals surface area contributed by atoms with E-state index in [1.165, 1.54) is 13.0 Å². The zero-order chi connectivity index (χ0) is 14.7. The summed E-state index contributed by atoms with van der Waals surface area (Å²) < 4.78 is 27.0. The summed E-state index contributed by atoms with van der Waals surface area (Å²) in [7, 11) is 1.91. The molecule has 0 aromatic heterocycles. The monoisotopic (exact) mass is 318 g/mol. The number of nitrogens with zero attached hydrogens (tertiary/aromatic N) is 1. The normalized spacial score (nSPS) is 15.7. The number of aryl methyl sites for hydroxylation is 1. The van der Waals surface area contributed by atoms with Crippen LogP contribution in [0.15, 0.2) is 12.1 Å². The predicted octanol–water partition coefficient (Wildman–Crippen LogP) is 2.77. The van der Waals surface area contributed by atoms with Gasteiger partial charge in [-0.05, 0) is 50.9 Å². The summed E-state index contributed by atoms with van der Waals surface area (Å²) in [6.45, 7) is 3.72. The van der Waals surface area contributed by atoms with Crippen molar-refractivity contribution in [2.24, 2.45) is 5.92 Å². The molecule has 1 N–H and O–H groups in total. The number of amides is 1. The summed E-state index contributed by atoms with van der Waals surface area (Å²) in [5, 5.41) is 3.13. The maximum absolute atomic E-state index is 13.7. The molecule has 1 heterocycles. The van der Waals surface area contributed by atoms with Crippen molar-refractivity contribution in [1.82, 2.24) is 10.2 Å². The van der Waals surface area contributed by atoms with Crippen LogP contribution < -0.4 is 5.32 Å². The van der Waals surface area contributed by atoms with E-state index in [-0.39, 0.29) is 23.9 Å². The van der Waals surface area contributed by atoms with E-state index in [1.54, 1.807) is 4.90 Å². The zero-order valence-electron chi connectivity index (χ0n) is 12.3. The van der Waals surface area contributed by atoms with E-state index in [1.807, 2.05) is 7.05 Å². The number of carbonyl (C=O) groups excluding carboxylic acids is 1. The van der Waals surface area contributed by atoms with Crippen molar-refractivity contribution in [3.05, 3.63) is 34.9 Å². The third-order valence-electron chi connectivity index (χ3n) is 3.87. The van der Waals surface area contributed by atoms with Crippen LogP contribution in [0.2, 0.25) is 0 Å². The van der Waals surface area contributed by atoms with Crippen LogP contribution in [0.3, 0.4) is 0 Å². The van der Waals surface area contributed by atoms with Gasteiger partial charge in [-0.15, -0.1) is 12.4 Å². The van der Waals surface area contributed by atoms with Crippen LogP contribution >= 0.6 is 12.4 Å².